The van der Waals surface area contributed by atoms with Crippen LogP contribution in [0.25, 0.3) is 0 Å². The highest BCUT2D eigenvalue weighted by molar-refractivity contribution is 5.97. The van der Waals surface area contributed by atoms with E-state index in [1.54, 1.807) is 19.1 Å². The van der Waals surface area contributed by atoms with E-state index < -0.39 is 6.04 Å². The van der Waals surface area contributed by atoms with Crippen molar-refractivity contribution < 1.29 is 14.3 Å². The molecular formula is C22H26N2O3. The molecule has 1 N–H and O–H groups in total. The fraction of sp³-hybridized carbons (Fsp3) is 0.364. The molecule has 1 saturated heterocycles. The summed E-state index contributed by atoms with van der Waals surface area (Å²) in [4.78, 5) is 26.7. The summed E-state index contributed by atoms with van der Waals surface area (Å²) < 4.78 is 5.97. The van der Waals surface area contributed by atoms with Gasteiger partial charge in [-0.05, 0) is 37.5 Å². The van der Waals surface area contributed by atoms with Gasteiger partial charge in [-0.3, -0.25) is 9.59 Å². The third-order valence-corrected chi connectivity index (χ3v) is 4.84. The topological polar surface area (TPSA) is 58.6 Å². The maximum absolute atomic E-state index is 12.6. The third kappa shape index (κ3) is 5.41. The second-order valence-corrected chi connectivity index (χ2v) is 6.88. The number of piperidine rings is 1. The normalized spacial score (nSPS) is 16.0. The highest BCUT2D eigenvalue weighted by Gasteiger charge is 2.27. The molecule has 2 aromatic carbocycles. The summed E-state index contributed by atoms with van der Waals surface area (Å²) in [6.45, 7) is 3.65. The Hall–Kier alpha value is -2.66. The fourth-order valence-corrected chi connectivity index (χ4v) is 3.24. The van der Waals surface area contributed by atoms with E-state index in [9.17, 15) is 9.59 Å². The molecule has 1 unspecified atom stereocenters. The number of nitrogens with zero attached hydrogens (tertiary/aromatic N) is 1. The first-order valence-electron chi connectivity index (χ1n) is 9.43. The van der Waals surface area contributed by atoms with Crippen LogP contribution in [0.2, 0.25) is 0 Å². The van der Waals surface area contributed by atoms with Crippen LogP contribution in [0.5, 0.6) is 0 Å². The number of benzene rings is 2. The van der Waals surface area contributed by atoms with Gasteiger partial charge in [-0.2, -0.15) is 0 Å². The van der Waals surface area contributed by atoms with E-state index in [-0.39, 0.29) is 17.9 Å². The quantitative estimate of drug-likeness (QED) is 0.855. The molecule has 1 fully saturated rings. The lowest BCUT2D eigenvalue weighted by Gasteiger charge is -2.33. The van der Waals surface area contributed by atoms with Gasteiger partial charge in [-0.15, -0.1) is 0 Å². The van der Waals surface area contributed by atoms with E-state index in [1.165, 1.54) is 0 Å². The summed E-state index contributed by atoms with van der Waals surface area (Å²) in [5, 5.41) is 2.79. The van der Waals surface area contributed by atoms with Gasteiger partial charge in [0.1, 0.15) is 6.04 Å². The predicted molar refractivity (Wildman–Crippen MR) is 104 cm³/mol. The lowest BCUT2D eigenvalue weighted by molar-refractivity contribution is -0.135. The standard InChI is InChI=1S/C22H26N2O3/c1-17(23-21(25)19-10-6-3-7-11-19)22(26)24-14-12-20(13-15-24)27-16-18-8-4-2-5-9-18/h2-11,17,20H,12-16H2,1H3,(H,23,25). The van der Waals surface area contributed by atoms with E-state index >= 15 is 0 Å². The molecule has 142 valence electrons. The predicted octanol–water partition coefficient (Wildman–Crippen LogP) is 3.01. The molecule has 27 heavy (non-hydrogen) atoms. The Bertz CT molecular complexity index is 741. The van der Waals surface area contributed by atoms with E-state index in [0.29, 0.717) is 25.3 Å². The summed E-state index contributed by atoms with van der Waals surface area (Å²) in [6.07, 6.45) is 1.80. The SMILES string of the molecule is CC(NC(=O)c1ccccc1)C(=O)N1CCC(OCc2ccccc2)CC1. The van der Waals surface area contributed by atoms with Crippen LogP contribution in [0.1, 0.15) is 35.7 Å². The fourth-order valence-electron chi connectivity index (χ4n) is 3.24. The van der Waals surface area contributed by atoms with Crippen LogP contribution in [0, 0.1) is 0 Å². The first kappa shape index (κ1) is 19.1. The Labute approximate surface area is 160 Å². The minimum Gasteiger partial charge on any atom is -0.373 e. The average molecular weight is 366 g/mol. The monoisotopic (exact) mass is 366 g/mol. The maximum Gasteiger partial charge on any atom is 0.251 e. The molecule has 1 aliphatic heterocycles. The summed E-state index contributed by atoms with van der Waals surface area (Å²) in [6, 6.07) is 18.5. The first-order valence-corrected chi connectivity index (χ1v) is 9.43. The zero-order valence-corrected chi connectivity index (χ0v) is 15.6. The van der Waals surface area contributed by atoms with Gasteiger partial charge in [0.05, 0.1) is 12.7 Å². The van der Waals surface area contributed by atoms with E-state index in [4.69, 9.17) is 4.74 Å². The second kappa shape index (κ2) is 9.33. The van der Waals surface area contributed by atoms with Crippen molar-refractivity contribution in [1.82, 2.24) is 10.2 Å². The molecule has 3 rings (SSSR count). The van der Waals surface area contributed by atoms with Crippen molar-refractivity contribution in [2.24, 2.45) is 0 Å². The van der Waals surface area contributed by atoms with Crippen molar-refractivity contribution in [1.29, 1.82) is 0 Å². The number of likely N-dealkylation sites (tertiary alicyclic amines) is 1. The summed E-state index contributed by atoms with van der Waals surface area (Å²) >= 11 is 0. The molecular weight excluding hydrogens is 340 g/mol. The summed E-state index contributed by atoms with van der Waals surface area (Å²) in [7, 11) is 0. The largest absolute Gasteiger partial charge is 0.373 e. The highest BCUT2D eigenvalue weighted by Crippen LogP contribution is 2.16. The van der Waals surface area contributed by atoms with Gasteiger partial charge in [0, 0.05) is 18.7 Å². The van der Waals surface area contributed by atoms with Crippen molar-refractivity contribution in [3.63, 3.8) is 0 Å². The van der Waals surface area contributed by atoms with Gasteiger partial charge in [0.25, 0.3) is 5.91 Å². The van der Waals surface area contributed by atoms with Gasteiger partial charge in [0.2, 0.25) is 5.91 Å². The molecule has 0 aromatic heterocycles. The van der Waals surface area contributed by atoms with Crippen molar-refractivity contribution in [2.75, 3.05) is 13.1 Å². The Morgan fingerprint density at radius 1 is 1.04 bits per heavy atom. The molecule has 1 atom stereocenters. The minimum absolute atomic E-state index is 0.0409. The summed E-state index contributed by atoms with van der Waals surface area (Å²) in [5.74, 6) is -0.265. The molecule has 5 heteroatoms. The van der Waals surface area contributed by atoms with E-state index in [1.807, 2.05) is 41.3 Å². The first-order chi connectivity index (χ1) is 13.1. The average Bonchev–Trinajstić information content (AvgIpc) is 2.73. The zero-order valence-electron chi connectivity index (χ0n) is 15.6. The molecule has 0 radical (unpaired) electrons. The van der Waals surface area contributed by atoms with Crippen LogP contribution in [0.4, 0.5) is 0 Å². The Morgan fingerprint density at radius 3 is 2.26 bits per heavy atom. The van der Waals surface area contributed by atoms with Crippen LogP contribution >= 0.6 is 0 Å². The number of carbonyl (C=O) groups excluding carboxylic acids is 2. The van der Waals surface area contributed by atoms with Gasteiger partial charge < -0.3 is 15.0 Å². The highest BCUT2D eigenvalue weighted by atomic mass is 16.5. The molecule has 2 amide bonds. The molecule has 0 saturated carbocycles. The molecule has 0 aliphatic carbocycles. The number of rotatable bonds is 6. The second-order valence-electron chi connectivity index (χ2n) is 6.88. The zero-order chi connectivity index (χ0) is 19.1. The molecule has 5 nitrogen and oxygen atoms in total. The smallest absolute Gasteiger partial charge is 0.251 e. The number of hydrogen-bond donors (Lipinski definition) is 1. The van der Waals surface area contributed by atoms with Gasteiger partial charge in [-0.25, -0.2) is 0 Å². The van der Waals surface area contributed by atoms with Crippen molar-refractivity contribution in [3.8, 4) is 0 Å². The van der Waals surface area contributed by atoms with E-state index in [2.05, 4.69) is 17.4 Å². The van der Waals surface area contributed by atoms with Crippen LogP contribution in [-0.2, 0) is 16.1 Å². The van der Waals surface area contributed by atoms with Gasteiger partial charge in [0.15, 0.2) is 0 Å². The van der Waals surface area contributed by atoms with Gasteiger partial charge in [-0.1, -0.05) is 48.5 Å². The van der Waals surface area contributed by atoms with Crippen molar-refractivity contribution >= 4 is 11.8 Å². The lowest BCUT2D eigenvalue weighted by atomic mass is 10.1. The number of ether oxygens (including phenoxy) is 1. The third-order valence-electron chi connectivity index (χ3n) is 4.84. The molecule has 0 bridgehead atoms. The number of amides is 2. The molecule has 2 aromatic rings. The van der Waals surface area contributed by atoms with Crippen molar-refractivity contribution in [2.45, 2.75) is 38.5 Å². The van der Waals surface area contributed by atoms with Crippen LogP contribution < -0.4 is 5.32 Å². The van der Waals surface area contributed by atoms with Crippen LogP contribution in [0.15, 0.2) is 60.7 Å². The number of nitrogens with one attached hydrogen (secondary N) is 1. The lowest BCUT2D eigenvalue weighted by Crippen LogP contribution is -2.50. The van der Waals surface area contributed by atoms with Crippen LogP contribution in [0.3, 0.4) is 0 Å². The molecule has 1 aliphatic rings. The maximum atomic E-state index is 12.6. The Morgan fingerprint density at radius 2 is 1.63 bits per heavy atom. The number of carbonyl (C=O) groups is 2. The summed E-state index contributed by atoms with van der Waals surface area (Å²) in [5.41, 5.74) is 1.72. The molecule has 1 heterocycles. The van der Waals surface area contributed by atoms with Gasteiger partial charge >= 0.3 is 0 Å². The Balaban J connectivity index is 1.43. The number of hydrogen-bond acceptors (Lipinski definition) is 3. The van der Waals surface area contributed by atoms with Crippen molar-refractivity contribution in [3.05, 3.63) is 71.8 Å². The minimum atomic E-state index is -0.542. The molecule has 0 spiro atoms. The van der Waals surface area contributed by atoms with Crippen LogP contribution in [-0.4, -0.2) is 41.9 Å². The van der Waals surface area contributed by atoms with E-state index in [0.717, 1.165) is 18.4 Å². The Kier molecular flexibility index (Phi) is 6.60.